The highest BCUT2D eigenvalue weighted by atomic mass is 32.2. The van der Waals surface area contributed by atoms with Gasteiger partial charge in [-0.1, -0.05) is 58.0 Å². The van der Waals surface area contributed by atoms with Crippen molar-refractivity contribution in [3.05, 3.63) is 65.2 Å². The molecule has 0 saturated carbocycles. The number of fused-ring (bicyclic) bond motifs is 1. The molecule has 2 aromatic rings. The Labute approximate surface area is 203 Å². The summed E-state index contributed by atoms with van der Waals surface area (Å²) in [6.07, 6.45) is 2.53. The summed E-state index contributed by atoms with van der Waals surface area (Å²) in [4.78, 5) is 26.2. The van der Waals surface area contributed by atoms with Crippen molar-refractivity contribution in [1.29, 1.82) is 0 Å². The van der Waals surface area contributed by atoms with Gasteiger partial charge in [-0.05, 0) is 54.5 Å². The first kappa shape index (κ1) is 25.9. The molecule has 3 rings (SSSR count). The second-order valence-electron chi connectivity index (χ2n) is 9.03. The lowest BCUT2D eigenvalue weighted by atomic mass is 9.88. The van der Waals surface area contributed by atoms with E-state index in [2.05, 4.69) is 22.8 Å². The number of carbonyl (C=O) groups is 2. The zero-order valence-corrected chi connectivity index (χ0v) is 21.2. The summed E-state index contributed by atoms with van der Waals surface area (Å²) in [6.45, 7) is 7.99. The van der Waals surface area contributed by atoms with Crippen molar-refractivity contribution in [3.8, 4) is 0 Å². The summed E-state index contributed by atoms with van der Waals surface area (Å²) in [5.74, 6) is -0.832. The van der Waals surface area contributed by atoms with Crippen LogP contribution in [0.15, 0.2) is 53.4 Å². The van der Waals surface area contributed by atoms with Gasteiger partial charge in [-0.15, -0.1) is 0 Å². The molecular formula is C26H35N3O4S. The van der Waals surface area contributed by atoms with Gasteiger partial charge in [0.2, 0.25) is 15.9 Å². The van der Waals surface area contributed by atoms with Gasteiger partial charge in [-0.3, -0.25) is 9.59 Å². The van der Waals surface area contributed by atoms with Crippen LogP contribution < -0.4 is 10.6 Å². The van der Waals surface area contributed by atoms with Gasteiger partial charge in [0, 0.05) is 24.7 Å². The summed E-state index contributed by atoms with van der Waals surface area (Å²) >= 11 is 0. The van der Waals surface area contributed by atoms with Crippen molar-refractivity contribution in [1.82, 2.24) is 14.9 Å². The van der Waals surface area contributed by atoms with E-state index in [1.54, 1.807) is 26.0 Å². The van der Waals surface area contributed by atoms with Crippen LogP contribution in [0.3, 0.4) is 0 Å². The van der Waals surface area contributed by atoms with E-state index in [-0.39, 0.29) is 28.3 Å². The van der Waals surface area contributed by atoms with Crippen molar-refractivity contribution < 1.29 is 18.0 Å². The van der Waals surface area contributed by atoms with Crippen LogP contribution in [-0.2, 0) is 27.7 Å². The Morgan fingerprint density at radius 1 is 1.03 bits per heavy atom. The minimum absolute atomic E-state index is 0.0168. The first-order valence-corrected chi connectivity index (χ1v) is 13.4. The predicted molar refractivity (Wildman–Crippen MR) is 133 cm³/mol. The molecule has 1 aliphatic carbocycles. The van der Waals surface area contributed by atoms with Crippen LogP contribution in [0, 0.1) is 5.92 Å². The molecule has 2 N–H and O–H groups in total. The average molecular weight is 486 g/mol. The molecule has 1 aliphatic rings. The molecule has 184 valence electrons. The molecule has 0 heterocycles. The molecule has 2 aromatic carbocycles. The second-order valence-corrected chi connectivity index (χ2v) is 11.0. The smallest absolute Gasteiger partial charge is 0.251 e. The van der Waals surface area contributed by atoms with Gasteiger partial charge in [0.15, 0.2) is 0 Å². The highest BCUT2D eigenvalue weighted by Gasteiger charge is 2.29. The first-order chi connectivity index (χ1) is 16.2. The van der Waals surface area contributed by atoms with E-state index in [4.69, 9.17) is 0 Å². The third-order valence-electron chi connectivity index (χ3n) is 6.37. The van der Waals surface area contributed by atoms with Crippen LogP contribution in [0.4, 0.5) is 0 Å². The Kier molecular flexibility index (Phi) is 8.49. The maximum Gasteiger partial charge on any atom is 0.251 e. The minimum Gasteiger partial charge on any atom is -0.351 e. The lowest BCUT2D eigenvalue weighted by molar-refractivity contribution is -0.124. The Bertz CT molecular complexity index is 1130. The minimum atomic E-state index is -3.69. The van der Waals surface area contributed by atoms with Crippen LogP contribution in [0.5, 0.6) is 0 Å². The topological polar surface area (TPSA) is 95.6 Å². The van der Waals surface area contributed by atoms with Crippen LogP contribution in [0.2, 0.25) is 0 Å². The van der Waals surface area contributed by atoms with Crippen LogP contribution in [0.1, 0.15) is 55.6 Å². The zero-order valence-electron chi connectivity index (χ0n) is 20.4. The fraction of sp³-hybridized carbons (Fsp3) is 0.462. The standard InChI is InChI=1S/C26H35N3O4S/c1-5-29(6-2)34(32,33)23-13-9-12-21(17-23)25(30)28-24(18(3)4)26(31)27-22-15-14-19-10-7-8-11-20(19)16-22/h7-13,17-18,22,24H,5-6,14-16H2,1-4H3,(H,27,31)(H,28,30). The Hall–Kier alpha value is -2.71. The van der Waals surface area contributed by atoms with Gasteiger partial charge in [0.25, 0.3) is 5.91 Å². The molecule has 0 spiro atoms. The number of rotatable bonds is 9. The van der Waals surface area contributed by atoms with Crippen molar-refractivity contribution in [2.75, 3.05) is 13.1 Å². The normalized spacial score (nSPS) is 16.7. The van der Waals surface area contributed by atoms with E-state index in [1.807, 2.05) is 26.0 Å². The number of carbonyl (C=O) groups excluding carboxylic acids is 2. The van der Waals surface area contributed by atoms with Gasteiger partial charge >= 0.3 is 0 Å². The van der Waals surface area contributed by atoms with E-state index >= 15 is 0 Å². The number of aryl methyl sites for hydroxylation is 1. The molecule has 0 aliphatic heterocycles. The highest BCUT2D eigenvalue weighted by molar-refractivity contribution is 7.89. The molecule has 0 saturated heterocycles. The fourth-order valence-electron chi connectivity index (χ4n) is 4.38. The SMILES string of the molecule is CCN(CC)S(=O)(=O)c1cccc(C(=O)NC(C(=O)NC2CCc3ccccc3C2)C(C)C)c1. The van der Waals surface area contributed by atoms with E-state index in [1.165, 1.54) is 27.6 Å². The first-order valence-electron chi connectivity index (χ1n) is 12.0. The second kappa shape index (κ2) is 11.1. The van der Waals surface area contributed by atoms with Gasteiger partial charge < -0.3 is 10.6 Å². The van der Waals surface area contributed by atoms with Crippen molar-refractivity contribution in [3.63, 3.8) is 0 Å². The third-order valence-corrected chi connectivity index (χ3v) is 8.41. The quantitative estimate of drug-likeness (QED) is 0.570. The van der Waals surface area contributed by atoms with Gasteiger partial charge in [-0.2, -0.15) is 4.31 Å². The molecule has 34 heavy (non-hydrogen) atoms. The molecule has 0 fully saturated rings. The monoisotopic (exact) mass is 485 g/mol. The average Bonchev–Trinajstić information content (AvgIpc) is 2.82. The number of hydrogen-bond donors (Lipinski definition) is 2. The number of hydrogen-bond acceptors (Lipinski definition) is 4. The van der Waals surface area contributed by atoms with Crippen LogP contribution >= 0.6 is 0 Å². The van der Waals surface area contributed by atoms with Gasteiger partial charge in [0.1, 0.15) is 6.04 Å². The molecule has 0 aromatic heterocycles. The molecule has 0 radical (unpaired) electrons. The Morgan fingerprint density at radius 2 is 1.71 bits per heavy atom. The van der Waals surface area contributed by atoms with Crippen molar-refractivity contribution in [2.24, 2.45) is 5.92 Å². The van der Waals surface area contributed by atoms with Crippen LogP contribution in [0.25, 0.3) is 0 Å². The Balaban J connectivity index is 1.71. The molecule has 2 atom stereocenters. The summed E-state index contributed by atoms with van der Waals surface area (Å²) < 4.78 is 27.0. The van der Waals surface area contributed by atoms with Crippen molar-refractivity contribution >= 4 is 21.8 Å². The Morgan fingerprint density at radius 3 is 2.35 bits per heavy atom. The summed E-state index contributed by atoms with van der Waals surface area (Å²) in [6, 6.07) is 13.5. The maximum absolute atomic E-state index is 13.1. The van der Waals surface area contributed by atoms with E-state index < -0.39 is 22.0 Å². The molecule has 2 unspecified atom stereocenters. The van der Waals surface area contributed by atoms with Gasteiger partial charge in [-0.25, -0.2) is 8.42 Å². The molecule has 2 amide bonds. The molecular weight excluding hydrogens is 450 g/mol. The highest BCUT2D eigenvalue weighted by Crippen LogP contribution is 2.22. The van der Waals surface area contributed by atoms with E-state index in [0.717, 1.165) is 19.3 Å². The van der Waals surface area contributed by atoms with Crippen LogP contribution in [-0.4, -0.2) is 49.7 Å². The summed E-state index contributed by atoms with van der Waals surface area (Å²) in [7, 11) is -3.69. The largest absolute Gasteiger partial charge is 0.351 e. The predicted octanol–water partition coefficient (Wildman–Crippen LogP) is 3.15. The number of amides is 2. The molecule has 0 bridgehead atoms. The fourth-order valence-corrected chi connectivity index (χ4v) is 5.89. The maximum atomic E-state index is 13.1. The van der Waals surface area contributed by atoms with E-state index in [9.17, 15) is 18.0 Å². The third kappa shape index (κ3) is 5.85. The summed E-state index contributed by atoms with van der Waals surface area (Å²) in [5.41, 5.74) is 2.77. The lowest BCUT2D eigenvalue weighted by Crippen LogP contribution is -2.53. The zero-order chi connectivity index (χ0) is 24.9. The number of nitrogens with one attached hydrogen (secondary N) is 2. The van der Waals surface area contributed by atoms with E-state index in [0.29, 0.717) is 13.1 Å². The molecule has 7 nitrogen and oxygen atoms in total. The summed E-state index contributed by atoms with van der Waals surface area (Å²) in [5, 5.41) is 5.93. The number of nitrogens with zero attached hydrogens (tertiary/aromatic N) is 1. The lowest BCUT2D eigenvalue weighted by Gasteiger charge is -2.29. The van der Waals surface area contributed by atoms with Gasteiger partial charge in [0.05, 0.1) is 4.90 Å². The number of sulfonamides is 1. The van der Waals surface area contributed by atoms with Crippen molar-refractivity contribution in [2.45, 2.75) is 63.9 Å². The number of benzene rings is 2. The molecule has 8 heteroatoms.